The van der Waals surface area contributed by atoms with Crippen LogP contribution in [-0.4, -0.2) is 23.0 Å². The lowest BCUT2D eigenvalue weighted by atomic mass is 9.88. The third-order valence-electron chi connectivity index (χ3n) is 3.41. The summed E-state index contributed by atoms with van der Waals surface area (Å²) >= 11 is 0. The van der Waals surface area contributed by atoms with Crippen LogP contribution in [0.3, 0.4) is 0 Å². The van der Waals surface area contributed by atoms with Crippen LogP contribution >= 0.6 is 0 Å². The van der Waals surface area contributed by atoms with Crippen molar-refractivity contribution in [2.24, 2.45) is 5.92 Å². The summed E-state index contributed by atoms with van der Waals surface area (Å²) in [4.78, 5) is 13.9. The molecule has 1 aromatic heterocycles. The highest BCUT2D eigenvalue weighted by atomic mass is 16.5. The monoisotopic (exact) mass is 236 g/mol. The van der Waals surface area contributed by atoms with Gasteiger partial charge >= 0.3 is 0 Å². The van der Waals surface area contributed by atoms with Crippen LogP contribution in [0.1, 0.15) is 43.6 Å². The first-order valence-electron chi connectivity index (χ1n) is 6.34. The van der Waals surface area contributed by atoms with E-state index in [0.29, 0.717) is 6.54 Å². The maximum absolute atomic E-state index is 12.2. The molecule has 2 rings (SSSR count). The Labute approximate surface area is 102 Å². The van der Waals surface area contributed by atoms with Crippen LogP contribution in [0.2, 0.25) is 0 Å². The zero-order valence-electron chi connectivity index (χ0n) is 10.6. The SMILES string of the molecule is Cc1cc(CN(C)C(=O)C2CCCCC2)no1. The summed E-state index contributed by atoms with van der Waals surface area (Å²) in [5.41, 5.74) is 0.828. The van der Waals surface area contributed by atoms with Gasteiger partial charge in [0.1, 0.15) is 11.5 Å². The third kappa shape index (κ3) is 3.08. The molecule has 0 aliphatic heterocycles. The summed E-state index contributed by atoms with van der Waals surface area (Å²) in [7, 11) is 1.85. The summed E-state index contributed by atoms with van der Waals surface area (Å²) in [6.07, 6.45) is 5.73. The minimum Gasteiger partial charge on any atom is -0.361 e. The molecular formula is C13H20N2O2. The molecular weight excluding hydrogens is 216 g/mol. The van der Waals surface area contributed by atoms with Gasteiger partial charge in [-0.1, -0.05) is 24.4 Å². The lowest BCUT2D eigenvalue weighted by molar-refractivity contribution is -0.135. The van der Waals surface area contributed by atoms with Crippen LogP contribution in [0.5, 0.6) is 0 Å². The number of carbonyl (C=O) groups is 1. The largest absolute Gasteiger partial charge is 0.361 e. The second kappa shape index (κ2) is 5.34. The van der Waals surface area contributed by atoms with Gasteiger partial charge in [0, 0.05) is 19.0 Å². The third-order valence-corrected chi connectivity index (χ3v) is 3.41. The summed E-state index contributed by atoms with van der Waals surface area (Å²) in [6.45, 7) is 2.41. The van der Waals surface area contributed by atoms with Crippen molar-refractivity contribution < 1.29 is 9.32 Å². The van der Waals surface area contributed by atoms with Gasteiger partial charge in [-0.25, -0.2) is 0 Å². The number of hydrogen-bond donors (Lipinski definition) is 0. The number of nitrogens with zero attached hydrogens (tertiary/aromatic N) is 2. The molecule has 1 fully saturated rings. The predicted molar refractivity (Wildman–Crippen MR) is 64.3 cm³/mol. The van der Waals surface area contributed by atoms with Crippen molar-refractivity contribution in [3.63, 3.8) is 0 Å². The second-order valence-electron chi connectivity index (χ2n) is 4.96. The van der Waals surface area contributed by atoms with Crippen LogP contribution in [0.25, 0.3) is 0 Å². The molecule has 17 heavy (non-hydrogen) atoms. The number of hydrogen-bond acceptors (Lipinski definition) is 3. The molecule has 1 aromatic rings. The van der Waals surface area contributed by atoms with Gasteiger partial charge in [0.2, 0.25) is 5.91 Å². The highest BCUT2D eigenvalue weighted by molar-refractivity contribution is 5.78. The summed E-state index contributed by atoms with van der Waals surface area (Å²) in [5, 5.41) is 3.91. The first kappa shape index (κ1) is 12.1. The summed E-state index contributed by atoms with van der Waals surface area (Å²) in [6, 6.07) is 1.88. The Morgan fingerprint density at radius 1 is 1.47 bits per heavy atom. The van der Waals surface area contributed by atoms with E-state index in [4.69, 9.17) is 4.52 Å². The molecule has 0 saturated heterocycles. The van der Waals surface area contributed by atoms with Crippen molar-refractivity contribution in [3.05, 3.63) is 17.5 Å². The van der Waals surface area contributed by atoms with Crippen LogP contribution in [0, 0.1) is 12.8 Å². The van der Waals surface area contributed by atoms with Gasteiger partial charge in [0.15, 0.2) is 0 Å². The smallest absolute Gasteiger partial charge is 0.225 e. The van der Waals surface area contributed by atoms with Gasteiger partial charge in [0.05, 0.1) is 6.54 Å². The van der Waals surface area contributed by atoms with Gasteiger partial charge < -0.3 is 9.42 Å². The molecule has 0 spiro atoms. The number of aryl methyl sites for hydroxylation is 1. The molecule has 0 bridgehead atoms. The average Bonchev–Trinajstić information content (AvgIpc) is 2.75. The van der Waals surface area contributed by atoms with E-state index in [1.54, 1.807) is 4.90 Å². The topological polar surface area (TPSA) is 46.3 Å². The molecule has 0 atom stereocenters. The molecule has 0 N–H and O–H groups in total. The van der Waals surface area contributed by atoms with E-state index in [9.17, 15) is 4.79 Å². The standard InChI is InChI=1S/C13H20N2O2/c1-10-8-12(14-17-10)9-15(2)13(16)11-6-4-3-5-7-11/h8,11H,3-7,9H2,1-2H3. The van der Waals surface area contributed by atoms with Gasteiger partial charge in [-0.05, 0) is 19.8 Å². The minimum absolute atomic E-state index is 0.224. The molecule has 0 unspecified atom stereocenters. The van der Waals surface area contributed by atoms with Crippen molar-refractivity contribution in [1.29, 1.82) is 0 Å². The summed E-state index contributed by atoms with van der Waals surface area (Å²) < 4.78 is 5.00. The maximum atomic E-state index is 12.2. The quantitative estimate of drug-likeness (QED) is 0.810. The Kier molecular flexibility index (Phi) is 3.82. The van der Waals surface area contributed by atoms with Crippen molar-refractivity contribution >= 4 is 5.91 Å². The minimum atomic E-state index is 0.224. The fourth-order valence-corrected chi connectivity index (χ4v) is 2.47. The van der Waals surface area contributed by atoms with Crippen molar-refractivity contribution in [3.8, 4) is 0 Å². The van der Waals surface area contributed by atoms with E-state index < -0.39 is 0 Å². The molecule has 1 saturated carbocycles. The predicted octanol–water partition coefficient (Wildman–Crippen LogP) is 2.52. The van der Waals surface area contributed by atoms with Crippen molar-refractivity contribution in [2.45, 2.75) is 45.6 Å². The molecule has 1 aliphatic rings. The van der Waals surface area contributed by atoms with E-state index in [-0.39, 0.29) is 11.8 Å². The highest BCUT2D eigenvalue weighted by Gasteiger charge is 2.24. The maximum Gasteiger partial charge on any atom is 0.225 e. The molecule has 1 heterocycles. The number of rotatable bonds is 3. The van der Waals surface area contributed by atoms with Crippen LogP contribution in [-0.2, 0) is 11.3 Å². The molecule has 1 amide bonds. The van der Waals surface area contributed by atoms with E-state index >= 15 is 0 Å². The van der Waals surface area contributed by atoms with Crippen LogP contribution in [0.15, 0.2) is 10.6 Å². The second-order valence-corrected chi connectivity index (χ2v) is 4.96. The number of amides is 1. The lowest BCUT2D eigenvalue weighted by Crippen LogP contribution is -2.33. The van der Waals surface area contributed by atoms with Gasteiger partial charge in [0.25, 0.3) is 0 Å². The fourth-order valence-electron chi connectivity index (χ4n) is 2.47. The first-order chi connectivity index (χ1) is 8.16. The Morgan fingerprint density at radius 2 is 2.18 bits per heavy atom. The number of carbonyl (C=O) groups excluding carboxylic acids is 1. The van der Waals surface area contributed by atoms with Gasteiger partial charge in [-0.3, -0.25) is 4.79 Å². The van der Waals surface area contributed by atoms with Crippen LogP contribution < -0.4 is 0 Å². The Bertz CT molecular complexity index is 381. The Hall–Kier alpha value is -1.32. The Balaban J connectivity index is 1.90. The molecule has 4 heteroatoms. The van der Waals surface area contributed by atoms with Crippen molar-refractivity contribution in [2.75, 3.05) is 7.05 Å². The molecule has 4 nitrogen and oxygen atoms in total. The highest BCUT2D eigenvalue weighted by Crippen LogP contribution is 2.25. The van der Waals surface area contributed by atoms with Crippen molar-refractivity contribution in [1.82, 2.24) is 10.1 Å². The van der Waals surface area contributed by atoms with Gasteiger partial charge in [-0.15, -0.1) is 0 Å². The molecule has 0 radical (unpaired) electrons. The van der Waals surface area contributed by atoms with E-state index in [2.05, 4.69) is 5.16 Å². The fraction of sp³-hybridized carbons (Fsp3) is 0.692. The van der Waals surface area contributed by atoms with Crippen LogP contribution in [0.4, 0.5) is 0 Å². The summed E-state index contributed by atoms with van der Waals surface area (Å²) in [5.74, 6) is 1.27. The van der Waals surface area contributed by atoms with E-state index in [1.807, 2.05) is 20.0 Å². The Morgan fingerprint density at radius 3 is 2.76 bits per heavy atom. The average molecular weight is 236 g/mol. The normalized spacial score (nSPS) is 17.1. The molecule has 94 valence electrons. The number of aromatic nitrogens is 1. The zero-order chi connectivity index (χ0) is 12.3. The first-order valence-corrected chi connectivity index (χ1v) is 6.34. The van der Waals surface area contributed by atoms with E-state index in [0.717, 1.165) is 24.3 Å². The molecule has 0 aromatic carbocycles. The van der Waals surface area contributed by atoms with E-state index in [1.165, 1.54) is 19.3 Å². The van der Waals surface area contributed by atoms with Gasteiger partial charge in [-0.2, -0.15) is 0 Å². The molecule has 1 aliphatic carbocycles. The zero-order valence-corrected chi connectivity index (χ0v) is 10.6. The lowest BCUT2D eigenvalue weighted by Gasteiger charge is -2.25.